The number of anilines is 1. The van der Waals surface area contributed by atoms with Crippen molar-refractivity contribution in [1.82, 2.24) is 4.98 Å². The molecular weight excluding hydrogens is 266 g/mol. The average molecular weight is 287 g/mol. The van der Waals surface area contributed by atoms with E-state index in [4.69, 9.17) is 0 Å². The van der Waals surface area contributed by atoms with Gasteiger partial charge in [-0.2, -0.15) is 0 Å². The Morgan fingerprint density at radius 2 is 1.95 bits per heavy atom. The highest BCUT2D eigenvalue weighted by Crippen LogP contribution is 2.31. The van der Waals surface area contributed by atoms with Crippen LogP contribution in [0.15, 0.2) is 30.6 Å². The summed E-state index contributed by atoms with van der Waals surface area (Å²) in [5, 5.41) is 16.0. The molecule has 2 rings (SSSR count). The molecule has 0 bridgehead atoms. The zero-order valence-corrected chi connectivity index (χ0v) is 12.7. The smallest absolute Gasteiger partial charge is 0.277 e. The zero-order chi connectivity index (χ0) is 15.4. The van der Waals surface area contributed by atoms with Gasteiger partial charge in [-0.15, -0.1) is 0 Å². The highest BCUT2D eigenvalue weighted by molar-refractivity contribution is 5.99. The molecule has 2 aromatic rings. The maximum absolute atomic E-state index is 11.1. The fraction of sp³-hybridized carbons (Fsp3) is 0.438. The summed E-state index contributed by atoms with van der Waals surface area (Å²) >= 11 is 0. The van der Waals surface area contributed by atoms with Crippen molar-refractivity contribution in [2.45, 2.75) is 39.7 Å². The zero-order valence-electron chi connectivity index (χ0n) is 12.7. The van der Waals surface area contributed by atoms with Crippen LogP contribution in [0.5, 0.6) is 0 Å². The number of fused-ring (bicyclic) bond motifs is 1. The van der Waals surface area contributed by atoms with Crippen molar-refractivity contribution in [3.63, 3.8) is 0 Å². The Morgan fingerprint density at radius 1 is 1.24 bits per heavy atom. The van der Waals surface area contributed by atoms with Gasteiger partial charge in [-0.05, 0) is 25.0 Å². The van der Waals surface area contributed by atoms with Crippen molar-refractivity contribution >= 4 is 22.1 Å². The van der Waals surface area contributed by atoms with E-state index in [1.165, 1.54) is 0 Å². The van der Waals surface area contributed by atoms with Crippen LogP contribution in [0.1, 0.15) is 33.6 Å². The van der Waals surface area contributed by atoms with Crippen molar-refractivity contribution in [2.24, 2.45) is 5.92 Å². The number of nitrogens with one attached hydrogen (secondary N) is 1. The SMILES string of the molecule is CCC(CC)C(C)Nc1ccc([N+](=O)[O-])c2ccncc12. The molecule has 0 aliphatic heterocycles. The average Bonchev–Trinajstić information content (AvgIpc) is 2.48. The minimum Gasteiger partial charge on any atom is -0.382 e. The van der Waals surface area contributed by atoms with Crippen LogP contribution in [0.2, 0.25) is 0 Å². The van der Waals surface area contributed by atoms with Crippen LogP contribution in [-0.2, 0) is 0 Å². The first-order chi connectivity index (χ1) is 10.1. The Balaban J connectivity index is 2.42. The van der Waals surface area contributed by atoms with E-state index in [-0.39, 0.29) is 10.6 Å². The minimum atomic E-state index is -0.351. The number of nitro groups is 1. The van der Waals surface area contributed by atoms with E-state index in [1.54, 1.807) is 30.6 Å². The molecule has 5 nitrogen and oxygen atoms in total. The van der Waals surface area contributed by atoms with Crippen LogP contribution in [0.25, 0.3) is 10.8 Å². The van der Waals surface area contributed by atoms with E-state index >= 15 is 0 Å². The predicted octanol–water partition coefficient (Wildman–Crippen LogP) is 4.38. The van der Waals surface area contributed by atoms with E-state index < -0.39 is 0 Å². The molecule has 0 fully saturated rings. The van der Waals surface area contributed by atoms with E-state index in [0.29, 0.717) is 17.3 Å². The summed E-state index contributed by atoms with van der Waals surface area (Å²) in [5.41, 5.74) is 1.02. The van der Waals surface area contributed by atoms with Gasteiger partial charge in [-0.1, -0.05) is 26.7 Å². The van der Waals surface area contributed by atoms with Crippen LogP contribution in [0.4, 0.5) is 11.4 Å². The maximum Gasteiger partial charge on any atom is 0.277 e. The number of non-ortho nitro benzene ring substituents is 1. The van der Waals surface area contributed by atoms with Crippen molar-refractivity contribution in [2.75, 3.05) is 5.32 Å². The number of rotatable bonds is 6. The molecule has 0 aliphatic rings. The van der Waals surface area contributed by atoms with Gasteiger partial charge < -0.3 is 5.32 Å². The first kappa shape index (κ1) is 15.2. The van der Waals surface area contributed by atoms with Gasteiger partial charge in [-0.25, -0.2) is 0 Å². The summed E-state index contributed by atoms with van der Waals surface area (Å²) in [7, 11) is 0. The summed E-state index contributed by atoms with van der Waals surface area (Å²) in [6.45, 7) is 6.52. The van der Waals surface area contributed by atoms with Crippen LogP contribution in [0.3, 0.4) is 0 Å². The molecule has 1 heterocycles. The first-order valence-electron chi connectivity index (χ1n) is 7.36. The molecule has 1 aromatic carbocycles. The Bertz CT molecular complexity index is 638. The lowest BCUT2D eigenvalue weighted by molar-refractivity contribution is -0.383. The quantitative estimate of drug-likeness (QED) is 0.632. The molecule has 1 atom stereocenters. The van der Waals surface area contributed by atoms with Crippen molar-refractivity contribution in [1.29, 1.82) is 0 Å². The molecule has 0 saturated heterocycles. The number of aromatic nitrogens is 1. The second-order valence-electron chi connectivity index (χ2n) is 5.32. The molecule has 0 spiro atoms. The van der Waals surface area contributed by atoms with Gasteiger partial charge in [0.05, 0.1) is 10.3 Å². The van der Waals surface area contributed by atoms with Gasteiger partial charge in [0.15, 0.2) is 0 Å². The maximum atomic E-state index is 11.1. The van der Waals surface area contributed by atoms with E-state index in [2.05, 4.69) is 31.1 Å². The summed E-state index contributed by atoms with van der Waals surface area (Å²) in [4.78, 5) is 14.9. The van der Waals surface area contributed by atoms with Crippen molar-refractivity contribution in [3.05, 3.63) is 40.7 Å². The predicted molar refractivity (Wildman–Crippen MR) is 85.6 cm³/mol. The second-order valence-corrected chi connectivity index (χ2v) is 5.32. The fourth-order valence-electron chi connectivity index (χ4n) is 2.82. The largest absolute Gasteiger partial charge is 0.382 e. The van der Waals surface area contributed by atoms with Gasteiger partial charge >= 0.3 is 0 Å². The van der Waals surface area contributed by atoms with Crippen LogP contribution < -0.4 is 5.32 Å². The molecule has 112 valence electrons. The molecule has 21 heavy (non-hydrogen) atoms. The molecule has 0 amide bonds. The standard InChI is InChI=1S/C16H21N3O2/c1-4-12(5-2)11(3)18-15-6-7-16(19(20)21)13-8-9-17-10-14(13)15/h6-12,18H,4-5H2,1-3H3. The van der Waals surface area contributed by atoms with Gasteiger partial charge in [-0.3, -0.25) is 15.1 Å². The van der Waals surface area contributed by atoms with Crippen molar-refractivity contribution < 1.29 is 4.92 Å². The Hall–Kier alpha value is -2.17. The Kier molecular flexibility index (Phi) is 4.73. The number of nitrogens with zero attached hydrogens (tertiary/aromatic N) is 2. The van der Waals surface area contributed by atoms with E-state index in [1.807, 2.05) is 0 Å². The molecule has 1 N–H and O–H groups in total. The number of pyridine rings is 1. The molecule has 0 aliphatic carbocycles. The van der Waals surface area contributed by atoms with Gasteiger partial charge in [0.2, 0.25) is 0 Å². The van der Waals surface area contributed by atoms with E-state index in [9.17, 15) is 10.1 Å². The molecule has 0 radical (unpaired) electrons. The lowest BCUT2D eigenvalue weighted by Gasteiger charge is -2.24. The monoisotopic (exact) mass is 287 g/mol. The number of hydrogen-bond donors (Lipinski definition) is 1. The molecule has 1 aromatic heterocycles. The Labute approximate surface area is 124 Å². The lowest BCUT2D eigenvalue weighted by Crippen LogP contribution is -2.25. The number of nitro benzene ring substituents is 1. The second kappa shape index (κ2) is 6.52. The van der Waals surface area contributed by atoms with Crippen LogP contribution in [-0.4, -0.2) is 15.9 Å². The molecule has 0 saturated carbocycles. The molecule has 1 unspecified atom stereocenters. The van der Waals surface area contributed by atoms with Crippen molar-refractivity contribution in [3.8, 4) is 0 Å². The minimum absolute atomic E-state index is 0.119. The molecule has 5 heteroatoms. The van der Waals surface area contributed by atoms with Crippen LogP contribution in [0, 0.1) is 16.0 Å². The summed E-state index contributed by atoms with van der Waals surface area (Å²) < 4.78 is 0. The van der Waals surface area contributed by atoms with Gasteiger partial charge in [0.25, 0.3) is 5.69 Å². The third-order valence-electron chi connectivity index (χ3n) is 4.13. The first-order valence-corrected chi connectivity index (χ1v) is 7.36. The Morgan fingerprint density at radius 3 is 2.57 bits per heavy atom. The highest BCUT2D eigenvalue weighted by atomic mass is 16.6. The summed E-state index contributed by atoms with van der Waals surface area (Å²) in [5.74, 6) is 0.576. The van der Waals surface area contributed by atoms with Gasteiger partial charge in [0.1, 0.15) is 0 Å². The number of hydrogen-bond acceptors (Lipinski definition) is 4. The lowest BCUT2D eigenvalue weighted by atomic mass is 9.95. The normalized spacial score (nSPS) is 12.6. The molecular formula is C16H21N3O2. The number of benzene rings is 1. The third-order valence-corrected chi connectivity index (χ3v) is 4.13. The summed E-state index contributed by atoms with van der Waals surface area (Å²) in [6.07, 6.45) is 5.48. The van der Waals surface area contributed by atoms with E-state index in [0.717, 1.165) is 23.9 Å². The topological polar surface area (TPSA) is 68.1 Å². The summed E-state index contributed by atoms with van der Waals surface area (Å²) in [6, 6.07) is 5.34. The fourth-order valence-corrected chi connectivity index (χ4v) is 2.82. The third kappa shape index (κ3) is 3.12. The van der Waals surface area contributed by atoms with Crippen LogP contribution >= 0.6 is 0 Å². The van der Waals surface area contributed by atoms with Gasteiger partial charge in [0, 0.05) is 35.6 Å². The highest BCUT2D eigenvalue weighted by Gasteiger charge is 2.17.